The molecule has 0 radical (unpaired) electrons. The predicted octanol–water partition coefficient (Wildman–Crippen LogP) is 12.8. The lowest BCUT2D eigenvalue weighted by atomic mass is 9.51. The van der Waals surface area contributed by atoms with Crippen LogP contribution in [0.3, 0.4) is 0 Å². The van der Waals surface area contributed by atoms with Crippen LogP contribution in [0.1, 0.15) is 169 Å². The van der Waals surface area contributed by atoms with Gasteiger partial charge in [0.05, 0.1) is 0 Å². The highest BCUT2D eigenvalue weighted by Gasteiger charge is 2.55. The van der Waals surface area contributed by atoms with E-state index in [4.69, 9.17) is 0 Å². The summed E-state index contributed by atoms with van der Waals surface area (Å²) in [6.07, 6.45) is 16.4. The van der Waals surface area contributed by atoms with E-state index in [2.05, 4.69) is 75.3 Å². The highest BCUT2D eigenvalue weighted by Crippen LogP contribution is 2.63. The smallest absolute Gasteiger partial charge is 0.00908 e. The molecule has 2 saturated carbocycles. The molecule has 0 aromatic rings. The molecule has 2 aliphatic rings. The van der Waals surface area contributed by atoms with Gasteiger partial charge in [0, 0.05) is 0 Å². The molecule has 0 spiro atoms. The Hall–Kier alpha value is -0.260. The van der Waals surface area contributed by atoms with Crippen molar-refractivity contribution in [1.82, 2.24) is 0 Å². The SMILES string of the molecule is C.CC.CC.CCC(C)C.CCC/C=C(\C)C(C)(CC)C1CCC2(C)C(CC)CCC2[C@@H]1CC. The molecule has 0 saturated heterocycles. The molecule has 34 heavy (non-hydrogen) atoms. The van der Waals surface area contributed by atoms with E-state index >= 15 is 0 Å². The molecule has 0 nitrogen and oxygen atoms in total. The first kappa shape index (κ1) is 38.3. The summed E-state index contributed by atoms with van der Waals surface area (Å²) in [6, 6.07) is 0. The van der Waals surface area contributed by atoms with Crippen LogP contribution in [0, 0.1) is 40.4 Å². The lowest BCUT2D eigenvalue weighted by Crippen LogP contribution is -2.46. The van der Waals surface area contributed by atoms with E-state index in [1.54, 1.807) is 5.57 Å². The van der Waals surface area contributed by atoms with Gasteiger partial charge in [-0.25, -0.2) is 0 Å². The van der Waals surface area contributed by atoms with Crippen LogP contribution in [0.2, 0.25) is 0 Å². The van der Waals surface area contributed by atoms with Crippen LogP contribution >= 0.6 is 0 Å². The summed E-state index contributed by atoms with van der Waals surface area (Å²) in [5.74, 6) is 4.69. The maximum absolute atomic E-state index is 2.65. The third-order valence-electron chi connectivity index (χ3n) is 9.61. The Balaban J connectivity index is -0.000000837. The first-order valence-corrected chi connectivity index (χ1v) is 15.3. The van der Waals surface area contributed by atoms with Crippen molar-refractivity contribution >= 4 is 0 Å². The van der Waals surface area contributed by atoms with Crippen LogP contribution in [-0.4, -0.2) is 0 Å². The lowest BCUT2D eigenvalue weighted by Gasteiger charge is -2.54. The van der Waals surface area contributed by atoms with Crippen LogP contribution in [-0.2, 0) is 0 Å². The van der Waals surface area contributed by atoms with Gasteiger partial charge < -0.3 is 0 Å². The Bertz CT molecular complexity index is 486. The van der Waals surface area contributed by atoms with Gasteiger partial charge in [-0.2, -0.15) is 0 Å². The first-order chi connectivity index (χ1) is 15.7. The van der Waals surface area contributed by atoms with Crippen molar-refractivity contribution in [3.05, 3.63) is 11.6 Å². The molecule has 0 N–H and O–H groups in total. The molecule has 0 bridgehead atoms. The van der Waals surface area contributed by atoms with Crippen molar-refractivity contribution in [2.75, 3.05) is 0 Å². The third kappa shape index (κ3) is 9.65. The second-order valence-corrected chi connectivity index (χ2v) is 11.3. The summed E-state index contributed by atoms with van der Waals surface area (Å²) in [7, 11) is 0. The Morgan fingerprint density at radius 3 is 1.85 bits per heavy atom. The Morgan fingerprint density at radius 2 is 1.47 bits per heavy atom. The quantitative estimate of drug-likeness (QED) is 0.303. The molecule has 5 unspecified atom stereocenters. The fourth-order valence-corrected chi connectivity index (χ4v) is 6.85. The van der Waals surface area contributed by atoms with Crippen molar-refractivity contribution in [1.29, 1.82) is 0 Å². The van der Waals surface area contributed by atoms with Gasteiger partial charge in [0.1, 0.15) is 0 Å². The number of hydrogen-bond donors (Lipinski definition) is 0. The van der Waals surface area contributed by atoms with Crippen molar-refractivity contribution in [2.24, 2.45) is 40.4 Å². The van der Waals surface area contributed by atoms with Gasteiger partial charge >= 0.3 is 0 Å². The first-order valence-electron chi connectivity index (χ1n) is 15.3. The molecule has 2 rings (SSSR count). The van der Waals surface area contributed by atoms with Gasteiger partial charge in [0.15, 0.2) is 0 Å². The molecular formula is C34H72. The minimum atomic E-state index is 0. The van der Waals surface area contributed by atoms with Gasteiger partial charge in [-0.3, -0.25) is 0 Å². The summed E-state index contributed by atoms with van der Waals surface area (Å²) in [6.45, 7) is 32.0. The standard InChI is InChI=1S/C24H44.C5H12.2C2H6.CH4/c1-8-12-13-18(5)23(6,11-4)22-16-17-24(7)19(9-2)14-15-21(24)20(22)10-3;1-4-5(2)3;2*1-2;/h13,19-22H,8-12,14-17H2,1-7H3;5H,4H2,1-3H3;2*1-2H3;1H4/b18-13+;;;;/t19?,20-,21?,22?,23?,24?;;;;/m0..../s1. The van der Waals surface area contributed by atoms with Gasteiger partial charge in [0.25, 0.3) is 0 Å². The van der Waals surface area contributed by atoms with Gasteiger partial charge in [-0.1, -0.05) is 135 Å². The van der Waals surface area contributed by atoms with E-state index in [0.29, 0.717) is 10.8 Å². The molecule has 6 atom stereocenters. The summed E-state index contributed by atoms with van der Waals surface area (Å²) >= 11 is 0. The normalized spacial score (nSPS) is 29.7. The Morgan fingerprint density at radius 1 is 0.941 bits per heavy atom. The molecule has 0 heteroatoms. The molecule has 208 valence electrons. The van der Waals surface area contributed by atoms with E-state index in [1.807, 2.05) is 27.7 Å². The zero-order valence-electron chi connectivity index (χ0n) is 26.0. The Kier molecular flexibility index (Phi) is 22.4. The summed E-state index contributed by atoms with van der Waals surface area (Å²) in [5, 5.41) is 0. The van der Waals surface area contributed by atoms with Gasteiger partial charge in [-0.15, -0.1) is 0 Å². The predicted molar refractivity (Wildman–Crippen MR) is 163 cm³/mol. The fraction of sp³-hybridized carbons (Fsp3) is 0.941. The topological polar surface area (TPSA) is 0 Å². The minimum absolute atomic E-state index is 0. The molecule has 0 heterocycles. The lowest BCUT2D eigenvalue weighted by molar-refractivity contribution is -0.0316. The van der Waals surface area contributed by atoms with E-state index in [-0.39, 0.29) is 7.43 Å². The molecule has 0 aromatic carbocycles. The van der Waals surface area contributed by atoms with Gasteiger partial charge in [-0.05, 0) is 85.9 Å². The number of fused-ring (bicyclic) bond motifs is 1. The van der Waals surface area contributed by atoms with Gasteiger partial charge in [0.2, 0.25) is 0 Å². The zero-order chi connectivity index (χ0) is 26.2. The molecule has 0 amide bonds. The maximum atomic E-state index is 2.65. The van der Waals surface area contributed by atoms with Crippen LogP contribution in [0.15, 0.2) is 11.6 Å². The Labute approximate surface area is 220 Å². The van der Waals surface area contributed by atoms with Crippen LogP contribution < -0.4 is 0 Å². The molecule has 0 aliphatic heterocycles. The molecule has 2 aliphatic carbocycles. The highest BCUT2D eigenvalue weighted by atomic mass is 14.6. The summed E-state index contributed by atoms with van der Waals surface area (Å²) in [5.41, 5.74) is 2.74. The number of hydrogen-bond acceptors (Lipinski definition) is 0. The summed E-state index contributed by atoms with van der Waals surface area (Å²) in [4.78, 5) is 0. The van der Waals surface area contributed by atoms with Crippen LogP contribution in [0.25, 0.3) is 0 Å². The monoisotopic (exact) mass is 481 g/mol. The average molecular weight is 481 g/mol. The highest BCUT2D eigenvalue weighted by molar-refractivity contribution is 5.16. The largest absolute Gasteiger partial charge is 0.0851 e. The third-order valence-corrected chi connectivity index (χ3v) is 9.61. The number of allylic oxidation sites excluding steroid dienone is 2. The number of unbranched alkanes of at least 4 members (excludes halogenated alkanes) is 1. The van der Waals surface area contributed by atoms with Crippen LogP contribution in [0.5, 0.6) is 0 Å². The minimum Gasteiger partial charge on any atom is -0.0851 e. The molecular weight excluding hydrogens is 408 g/mol. The van der Waals surface area contributed by atoms with E-state index < -0.39 is 0 Å². The second kappa shape index (κ2) is 19.9. The zero-order valence-corrected chi connectivity index (χ0v) is 26.0. The van der Waals surface area contributed by atoms with Crippen molar-refractivity contribution in [2.45, 2.75) is 169 Å². The second-order valence-electron chi connectivity index (χ2n) is 11.3. The number of rotatable bonds is 8. The van der Waals surface area contributed by atoms with E-state index in [9.17, 15) is 0 Å². The van der Waals surface area contributed by atoms with Crippen molar-refractivity contribution in [3.8, 4) is 0 Å². The van der Waals surface area contributed by atoms with Crippen molar-refractivity contribution < 1.29 is 0 Å². The van der Waals surface area contributed by atoms with Crippen molar-refractivity contribution in [3.63, 3.8) is 0 Å². The van der Waals surface area contributed by atoms with Crippen LogP contribution in [0.4, 0.5) is 0 Å². The van der Waals surface area contributed by atoms with E-state index in [0.717, 1.165) is 29.6 Å². The molecule has 0 aromatic heterocycles. The maximum Gasteiger partial charge on any atom is -0.00908 e. The molecule has 2 fully saturated rings. The fourth-order valence-electron chi connectivity index (χ4n) is 6.85. The summed E-state index contributed by atoms with van der Waals surface area (Å²) < 4.78 is 0. The van der Waals surface area contributed by atoms with E-state index in [1.165, 1.54) is 64.2 Å². The average Bonchev–Trinajstić information content (AvgIpc) is 3.20.